The third-order valence-corrected chi connectivity index (χ3v) is 3.99. The van der Waals surface area contributed by atoms with Gasteiger partial charge in [-0.05, 0) is 6.92 Å². The Balaban J connectivity index is 1.52. The smallest absolute Gasteiger partial charge is 0.316 e. The second-order valence-electron chi connectivity index (χ2n) is 5.88. The summed E-state index contributed by atoms with van der Waals surface area (Å²) >= 11 is 0. The van der Waals surface area contributed by atoms with Crippen LogP contribution in [0.1, 0.15) is 18.5 Å². The van der Waals surface area contributed by atoms with E-state index in [2.05, 4.69) is 15.0 Å². The fourth-order valence-electron chi connectivity index (χ4n) is 2.61. The van der Waals surface area contributed by atoms with Gasteiger partial charge in [-0.1, -0.05) is 0 Å². The summed E-state index contributed by atoms with van der Waals surface area (Å²) in [5.41, 5.74) is 0.377. The highest BCUT2D eigenvalue weighted by Gasteiger charge is 2.24. The molecule has 0 aromatic carbocycles. The zero-order chi connectivity index (χ0) is 17.8. The summed E-state index contributed by atoms with van der Waals surface area (Å²) in [5, 5.41) is 0. The summed E-state index contributed by atoms with van der Waals surface area (Å²) in [4.78, 5) is 37.4. The van der Waals surface area contributed by atoms with Crippen LogP contribution in [0.25, 0.3) is 0 Å². The number of carbonyl (C=O) groups excluding carboxylic acids is 1. The summed E-state index contributed by atoms with van der Waals surface area (Å²) in [6.45, 7) is 2.72. The molecule has 0 atom stereocenters. The first kappa shape index (κ1) is 17.0. The van der Waals surface area contributed by atoms with E-state index in [1.165, 1.54) is 17.0 Å². The van der Waals surface area contributed by atoms with Crippen LogP contribution in [0.4, 0.5) is 4.39 Å². The van der Waals surface area contributed by atoms with Crippen LogP contribution >= 0.6 is 0 Å². The number of aromatic nitrogens is 4. The number of halogens is 1. The van der Waals surface area contributed by atoms with Crippen molar-refractivity contribution in [3.8, 4) is 6.01 Å². The molecule has 0 aliphatic carbocycles. The monoisotopic (exact) mass is 347 g/mol. The minimum atomic E-state index is -0.520. The molecule has 0 radical (unpaired) electrons. The molecule has 8 nitrogen and oxygen atoms in total. The number of rotatable bonds is 4. The second kappa shape index (κ2) is 7.37. The molecule has 0 bridgehead atoms. The van der Waals surface area contributed by atoms with Gasteiger partial charge in [-0.15, -0.1) is 0 Å². The number of likely N-dealkylation sites (tertiary alicyclic amines) is 1. The van der Waals surface area contributed by atoms with E-state index in [0.29, 0.717) is 31.6 Å². The number of nitrogens with zero attached hydrogens (tertiary/aromatic N) is 5. The van der Waals surface area contributed by atoms with Crippen LogP contribution in [0.2, 0.25) is 0 Å². The average Bonchev–Trinajstić information content (AvgIpc) is 2.60. The minimum absolute atomic E-state index is 0.0291. The zero-order valence-electron chi connectivity index (χ0n) is 13.8. The summed E-state index contributed by atoms with van der Waals surface area (Å²) in [5.74, 6) is -0.655. The lowest BCUT2D eigenvalue weighted by Gasteiger charge is -2.31. The van der Waals surface area contributed by atoms with Crippen molar-refractivity contribution < 1.29 is 13.9 Å². The summed E-state index contributed by atoms with van der Waals surface area (Å²) < 4.78 is 19.7. The number of ether oxygens (including phenoxy) is 1. The molecular weight excluding hydrogens is 329 g/mol. The first-order chi connectivity index (χ1) is 12.0. The Kier molecular flexibility index (Phi) is 5.01. The van der Waals surface area contributed by atoms with Crippen molar-refractivity contribution in [2.45, 2.75) is 32.4 Å². The van der Waals surface area contributed by atoms with E-state index in [4.69, 9.17) is 4.74 Å². The molecule has 25 heavy (non-hydrogen) atoms. The van der Waals surface area contributed by atoms with Gasteiger partial charge in [0.25, 0.3) is 5.56 Å². The van der Waals surface area contributed by atoms with Crippen LogP contribution in [-0.2, 0) is 11.3 Å². The van der Waals surface area contributed by atoms with Gasteiger partial charge in [-0.25, -0.2) is 19.3 Å². The lowest BCUT2D eigenvalue weighted by Crippen LogP contribution is -2.44. The Hall–Kier alpha value is -2.84. The SMILES string of the molecule is Cc1cc(=O)n(CC(=O)N2CCC(Oc3ncc(F)cn3)CC2)cn1. The van der Waals surface area contributed by atoms with E-state index in [-0.39, 0.29) is 30.1 Å². The van der Waals surface area contributed by atoms with Gasteiger partial charge in [-0.3, -0.25) is 14.2 Å². The van der Waals surface area contributed by atoms with Gasteiger partial charge in [0.15, 0.2) is 5.82 Å². The molecule has 2 aromatic heterocycles. The summed E-state index contributed by atoms with van der Waals surface area (Å²) in [6, 6.07) is 1.53. The number of piperidine rings is 1. The number of hydrogen-bond donors (Lipinski definition) is 0. The van der Waals surface area contributed by atoms with Crippen LogP contribution in [0, 0.1) is 12.7 Å². The van der Waals surface area contributed by atoms with Gasteiger partial charge in [0.2, 0.25) is 5.91 Å². The fourth-order valence-corrected chi connectivity index (χ4v) is 2.61. The highest BCUT2D eigenvalue weighted by atomic mass is 19.1. The normalized spacial score (nSPS) is 15.2. The maximum absolute atomic E-state index is 12.8. The molecule has 0 N–H and O–H groups in total. The molecule has 0 unspecified atom stereocenters. The first-order valence-electron chi connectivity index (χ1n) is 7.96. The van der Waals surface area contributed by atoms with E-state index in [9.17, 15) is 14.0 Å². The topological polar surface area (TPSA) is 90.2 Å². The van der Waals surface area contributed by atoms with Crippen molar-refractivity contribution in [3.63, 3.8) is 0 Å². The second-order valence-corrected chi connectivity index (χ2v) is 5.88. The average molecular weight is 347 g/mol. The maximum Gasteiger partial charge on any atom is 0.316 e. The predicted molar refractivity (Wildman–Crippen MR) is 85.5 cm³/mol. The van der Waals surface area contributed by atoms with Crippen molar-refractivity contribution in [2.24, 2.45) is 0 Å². The standard InChI is InChI=1S/C16H18FN5O3/c1-11-6-14(23)22(10-20-11)9-15(24)21-4-2-13(3-5-21)25-16-18-7-12(17)8-19-16/h6-8,10,13H,2-5,9H2,1H3. The molecule has 3 rings (SSSR count). The van der Waals surface area contributed by atoms with Crippen LogP contribution < -0.4 is 10.3 Å². The molecule has 1 saturated heterocycles. The Bertz CT molecular complexity index is 800. The summed E-state index contributed by atoms with van der Waals surface area (Å²) in [7, 11) is 0. The van der Waals surface area contributed by atoms with E-state index in [1.54, 1.807) is 11.8 Å². The number of aryl methyl sites for hydroxylation is 1. The Morgan fingerprint density at radius 3 is 2.60 bits per heavy atom. The van der Waals surface area contributed by atoms with Gasteiger partial charge in [0.1, 0.15) is 12.6 Å². The Morgan fingerprint density at radius 2 is 1.96 bits per heavy atom. The fraction of sp³-hybridized carbons (Fsp3) is 0.438. The molecule has 132 valence electrons. The number of carbonyl (C=O) groups is 1. The molecule has 2 aromatic rings. The van der Waals surface area contributed by atoms with Crippen molar-refractivity contribution in [1.82, 2.24) is 24.4 Å². The minimum Gasteiger partial charge on any atom is -0.460 e. The summed E-state index contributed by atoms with van der Waals surface area (Å²) in [6.07, 6.45) is 4.60. The predicted octanol–water partition coefficient (Wildman–Crippen LogP) is 0.551. The molecule has 1 fully saturated rings. The van der Waals surface area contributed by atoms with Gasteiger partial charge in [-0.2, -0.15) is 0 Å². The maximum atomic E-state index is 12.8. The lowest BCUT2D eigenvalue weighted by atomic mass is 10.1. The quantitative estimate of drug-likeness (QED) is 0.802. The Morgan fingerprint density at radius 1 is 1.28 bits per heavy atom. The molecule has 3 heterocycles. The van der Waals surface area contributed by atoms with E-state index in [0.717, 1.165) is 12.4 Å². The highest BCUT2D eigenvalue weighted by molar-refractivity contribution is 5.76. The van der Waals surface area contributed by atoms with Crippen molar-refractivity contribution in [1.29, 1.82) is 0 Å². The lowest BCUT2D eigenvalue weighted by molar-refractivity contribution is -0.133. The molecule has 1 amide bonds. The number of hydrogen-bond acceptors (Lipinski definition) is 6. The van der Waals surface area contributed by atoms with Gasteiger partial charge in [0.05, 0.1) is 18.7 Å². The van der Waals surface area contributed by atoms with Crippen molar-refractivity contribution in [3.05, 3.63) is 46.7 Å². The Labute approximate surface area is 143 Å². The molecule has 1 aliphatic heterocycles. The molecule has 0 saturated carbocycles. The third kappa shape index (κ3) is 4.37. The van der Waals surface area contributed by atoms with E-state index in [1.807, 2.05) is 0 Å². The van der Waals surface area contributed by atoms with Gasteiger partial charge < -0.3 is 9.64 Å². The van der Waals surface area contributed by atoms with Crippen molar-refractivity contribution in [2.75, 3.05) is 13.1 Å². The molecule has 0 spiro atoms. The van der Waals surface area contributed by atoms with Crippen molar-refractivity contribution >= 4 is 5.91 Å². The van der Waals surface area contributed by atoms with Crippen LogP contribution in [0.5, 0.6) is 6.01 Å². The largest absolute Gasteiger partial charge is 0.460 e. The molecule has 1 aliphatic rings. The van der Waals surface area contributed by atoms with E-state index < -0.39 is 5.82 Å². The number of amides is 1. The van der Waals surface area contributed by atoms with Crippen LogP contribution in [-0.4, -0.2) is 49.5 Å². The van der Waals surface area contributed by atoms with Crippen LogP contribution in [0.3, 0.4) is 0 Å². The van der Waals surface area contributed by atoms with Gasteiger partial charge >= 0.3 is 6.01 Å². The third-order valence-electron chi connectivity index (χ3n) is 3.99. The first-order valence-corrected chi connectivity index (χ1v) is 7.96. The zero-order valence-corrected chi connectivity index (χ0v) is 13.8. The molecular formula is C16H18FN5O3. The highest BCUT2D eigenvalue weighted by Crippen LogP contribution is 2.16. The van der Waals surface area contributed by atoms with Gasteiger partial charge in [0, 0.05) is 37.7 Å². The van der Waals surface area contributed by atoms with Crippen LogP contribution in [0.15, 0.2) is 29.6 Å². The van der Waals surface area contributed by atoms with E-state index >= 15 is 0 Å². The molecule has 9 heteroatoms.